The fraction of sp³-hybridized carbons (Fsp3) is 0.478. The molecule has 0 bridgehead atoms. The molecule has 2 N–H and O–H groups in total. The zero-order valence-electron chi connectivity index (χ0n) is 17.2. The lowest BCUT2D eigenvalue weighted by Crippen LogP contribution is -2.49. The highest BCUT2D eigenvalue weighted by atomic mass is 16.5. The quantitative estimate of drug-likeness (QED) is 0.812. The first-order chi connectivity index (χ1) is 12.6. The Morgan fingerprint density at radius 3 is 2.37 bits per heavy atom. The Kier molecular flexibility index (Phi) is 5.24. The number of aliphatic hydroxyl groups excluding tert-OH is 1. The molecule has 1 heterocycles. The number of methoxy groups -OCH3 is 1. The van der Waals surface area contributed by atoms with Crippen LogP contribution in [-0.2, 0) is 16.7 Å². The van der Waals surface area contributed by atoms with Crippen molar-refractivity contribution in [2.75, 3.05) is 12.4 Å². The zero-order chi connectivity index (χ0) is 19.8. The van der Waals surface area contributed by atoms with E-state index in [0.29, 0.717) is 0 Å². The van der Waals surface area contributed by atoms with E-state index >= 15 is 0 Å². The highest BCUT2D eigenvalue weighted by Crippen LogP contribution is 2.42. The lowest BCUT2D eigenvalue weighted by atomic mass is 9.87. The van der Waals surface area contributed by atoms with Crippen molar-refractivity contribution in [3.63, 3.8) is 0 Å². The van der Waals surface area contributed by atoms with Crippen molar-refractivity contribution >= 4 is 5.69 Å². The molecule has 1 aliphatic heterocycles. The summed E-state index contributed by atoms with van der Waals surface area (Å²) in [6.07, 6.45) is -1.13. The molecule has 4 nitrogen and oxygen atoms in total. The van der Waals surface area contributed by atoms with E-state index in [1.165, 1.54) is 11.1 Å². The van der Waals surface area contributed by atoms with Gasteiger partial charge in [0.2, 0.25) is 0 Å². The summed E-state index contributed by atoms with van der Waals surface area (Å²) in [4.78, 5) is 0. The first-order valence-corrected chi connectivity index (χ1v) is 9.49. The van der Waals surface area contributed by atoms with Gasteiger partial charge in [-0.15, -0.1) is 0 Å². The van der Waals surface area contributed by atoms with Crippen molar-refractivity contribution in [1.29, 1.82) is 0 Å². The van der Waals surface area contributed by atoms with Crippen molar-refractivity contribution in [1.82, 2.24) is 0 Å². The Morgan fingerprint density at radius 1 is 1.11 bits per heavy atom. The van der Waals surface area contributed by atoms with Gasteiger partial charge in [0, 0.05) is 24.9 Å². The second kappa shape index (κ2) is 7.17. The van der Waals surface area contributed by atoms with Crippen LogP contribution in [0.4, 0.5) is 5.69 Å². The van der Waals surface area contributed by atoms with E-state index < -0.39 is 17.8 Å². The number of hydrogen-bond donors (Lipinski definition) is 2. The first kappa shape index (κ1) is 19.7. The predicted molar refractivity (Wildman–Crippen MR) is 109 cm³/mol. The summed E-state index contributed by atoms with van der Waals surface area (Å²) in [7, 11) is 1.62. The van der Waals surface area contributed by atoms with Crippen molar-refractivity contribution in [3.8, 4) is 5.75 Å². The number of fused-ring (bicyclic) bond motifs is 1. The van der Waals surface area contributed by atoms with Gasteiger partial charge in [-0.1, -0.05) is 45.0 Å². The topological polar surface area (TPSA) is 50.7 Å². The molecule has 0 aliphatic carbocycles. The molecule has 0 saturated heterocycles. The van der Waals surface area contributed by atoms with Crippen LogP contribution in [0.3, 0.4) is 0 Å². The molecule has 3 rings (SSSR count). The minimum absolute atomic E-state index is 0.161. The molecule has 0 saturated carbocycles. The fourth-order valence-corrected chi connectivity index (χ4v) is 3.43. The SMILES string of the molecule is CO[C@@H]1c2cc(NCc3ccc(C(C)(C)C)cc3)ccc2OC(C)(C)[C@H]1O. The minimum Gasteiger partial charge on any atom is -0.485 e. The van der Waals surface area contributed by atoms with Gasteiger partial charge in [-0.2, -0.15) is 0 Å². The predicted octanol–water partition coefficient (Wildman–Crippen LogP) is 4.82. The van der Waals surface area contributed by atoms with Crippen LogP contribution >= 0.6 is 0 Å². The Hall–Kier alpha value is -2.04. The van der Waals surface area contributed by atoms with Crippen LogP contribution in [0.5, 0.6) is 5.75 Å². The number of hydrogen-bond acceptors (Lipinski definition) is 4. The van der Waals surface area contributed by atoms with Crippen LogP contribution in [0, 0.1) is 0 Å². The van der Waals surface area contributed by atoms with Crippen LogP contribution in [0.15, 0.2) is 42.5 Å². The molecule has 2 aromatic rings. The van der Waals surface area contributed by atoms with Crippen molar-refractivity contribution in [3.05, 3.63) is 59.2 Å². The number of benzene rings is 2. The average molecular weight is 370 g/mol. The van der Waals surface area contributed by atoms with E-state index in [4.69, 9.17) is 9.47 Å². The van der Waals surface area contributed by atoms with Gasteiger partial charge in [-0.3, -0.25) is 0 Å². The standard InChI is InChI=1S/C23H31NO3/c1-22(2,3)16-9-7-15(8-10-16)14-24-17-11-12-19-18(13-17)20(26-6)21(25)23(4,5)27-19/h7-13,20-21,24-25H,14H2,1-6H3/t20-,21+/m1/s1. The smallest absolute Gasteiger partial charge is 0.132 e. The molecule has 0 fully saturated rings. The van der Waals surface area contributed by atoms with Crippen LogP contribution < -0.4 is 10.1 Å². The molecular formula is C23H31NO3. The molecule has 2 atom stereocenters. The second-order valence-corrected chi connectivity index (χ2v) is 8.86. The summed E-state index contributed by atoms with van der Waals surface area (Å²) in [5.74, 6) is 0.761. The third kappa shape index (κ3) is 4.12. The minimum atomic E-state index is -0.727. The molecule has 0 aromatic heterocycles. The normalized spacial score (nSPS) is 21.3. The molecule has 2 aromatic carbocycles. The third-order valence-electron chi connectivity index (χ3n) is 5.26. The number of rotatable bonds is 4. The van der Waals surface area contributed by atoms with Crippen LogP contribution in [0.2, 0.25) is 0 Å². The number of anilines is 1. The Balaban J connectivity index is 1.75. The molecule has 1 aliphatic rings. The summed E-state index contributed by atoms with van der Waals surface area (Å²) >= 11 is 0. The van der Waals surface area contributed by atoms with E-state index in [9.17, 15) is 5.11 Å². The largest absolute Gasteiger partial charge is 0.485 e. The van der Waals surface area contributed by atoms with E-state index in [1.54, 1.807) is 7.11 Å². The van der Waals surface area contributed by atoms with Crippen molar-refractivity contribution < 1.29 is 14.6 Å². The van der Waals surface area contributed by atoms with Gasteiger partial charge in [0.25, 0.3) is 0 Å². The summed E-state index contributed by atoms with van der Waals surface area (Å²) < 4.78 is 11.5. The second-order valence-electron chi connectivity index (χ2n) is 8.86. The number of aliphatic hydroxyl groups is 1. The van der Waals surface area contributed by atoms with Crippen LogP contribution in [0.1, 0.15) is 57.4 Å². The van der Waals surface area contributed by atoms with Crippen LogP contribution in [0.25, 0.3) is 0 Å². The first-order valence-electron chi connectivity index (χ1n) is 9.49. The molecule has 0 spiro atoms. The van der Waals surface area contributed by atoms with E-state index in [1.807, 2.05) is 32.0 Å². The van der Waals surface area contributed by atoms with Gasteiger partial charge < -0.3 is 19.9 Å². The third-order valence-corrected chi connectivity index (χ3v) is 5.26. The molecule has 27 heavy (non-hydrogen) atoms. The summed E-state index contributed by atoms with van der Waals surface area (Å²) in [5, 5.41) is 14.0. The highest BCUT2D eigenvalue weighted by Gasteiger charge is 2.43. The van der Waals surface area contributed by atoms with Gasteiger partial charge >= 0.3 is 0 Å². The number of nitrogens with one attached hydrogen (secondary N) is 1. The monoisotopic (exact) mass is 369 g/mol. The van der Waals surface area contributed by atoms with Gasteiger partial charge in [0.15, 0.2) is 0 Å². The Morgan fingerprint density at radius 2 is 1.78 bits per heavy atom. The Bertz CT molecular complexity index is 790. The lowest BCUT2D eigenvalue weighted by Gasteiger charge is -2.41. The maximum atomic E-state index is 10.6. The van der Waals surface area contributed by atoms with Gasteiger partial charge in [-0.05, 0) is 48.6 Å². The maximum Gasteiger partial charge on any atom is 0.132 e. The van der Waals surface area contributed by atoms with Crippen LogP contribution in [-0.4, -0.2) is 23.9 Å². The maximum absolute atomic E-state index is 10.6. The molecule has 0 radical (unpaired) electrons. The van der Waals surface area contributed by atoms with Gasteiger partial charge in [0.05, 0.1) is 0 Å². The van der Waals surface area contributed by atoms with Crippen molar-refractivity contribution in [2.45, 2.75) is 64.4 Å². The number of ether oxygens (including phenoxy) is 2. The molecule has 0 amide bonds. The summed E-state index contributed by atoms with van der Waals surface area (Å²) in [5.41, 5.74) is 3.88. The zero-order valence-corrected chi connectivity index (χ0v) is 17.2. The summed E-state index contributed by atoms with van der Waals surface area (Å²) in [6.45, 7) is 11.1. The van der Waals surface area contributed by atoms with E-state index in [2.05, 4.69) is 50.4 Å². The molecular weight excluding hydrogens is 338 g/mol. The highest BCUT2D eigenvalue weighted by molar-refractivity contribution is 5.53. The van der Waals surface area contributed by atoms with Crippen molar-refractivity contribution in [2.24, 2.45) is 0 Å². The summed E-state index contributed by atoms with van der Waals surface area (Å²) in [6, 6.07) is 14.7. The molecule has 146 valence electrons. The average Bonchev–Trinajstić information content (AvgIpc) is 2.61. The van der Waals surface area contributed by atoms with E-state index in [-0.39, 0.29) is 5.41 Å². The Labute approximate surface area is 162 Å². The fourth-order valence-electron chi connectivity index (χ4n) is 3.43. The van der Waals surface area contributed by atoms with Gasteiger partial charge in [-0.25, -0.2) is 0 Å². The van der Waals surface area contributed by atoms with Gasteiger partial charge in [0.1, 0.15) is 23.6 Å². The lowest BCUT2D eigenvalue weighted by molar-refractivity contribution is -0.124. The molecule has 0 unspecified atom stereocenters. The van der Waals surface area contributed by atoms with E-state index in [0.717, 1.165) is 23.5 Å². The molecule has 4 heteroatoms.